The van der Waals surface area contributed by atoms with Crippen molar-refractivity contribution < 1.29 is 19.1 Å². The van der Waals surface area contributed by atoms with Crippen molar-refractivity contribution in [3.63, 3.8) is 0 Å². The van der Waals surface area contributed by atoms with Crippen molar-refractivity contribution in [2.45, 2.75) is 13.3 Å². The summed E-state index contributed by atoms with van der Waals surface area (Å²) in [6.45, 7) is 1.55. The number of rotatable bonds is 6. The van der Waals surface area contributed by atoms with Gasteiger partial charge in [-0.05, 0) is 31.2 Å². The molecule has 0 aliphatic rings. The van der Waals surface area contributed by atoms with Gasteiger partial charge in [0, 0.05) is 11.9 Å². The van der Waals surface area contributed by atoms with Crippen LogP contribution in [0.5, 0.6) is 5.75 Å². The normalized spacial score (nSPS) is 10.7. The van der Waals surface area contributed by atoms with Crippen LogP contribution in [0.25, 0.3) is 0 Å². The fourth-order valence-corrected chi connectivity index (χ4v) is 2.02. The summed E-state index contributed by atoms with van der Waals surface area (Å²) in [6.07, 6.45) is 1.49. The smallest absolute Gasteiger partial charge is 0.329 e. The van der Waals surface area contributed by atoms with E-state index in [1.807, 2.05) is 0 Å². The summed E-state index contributed by atoms with van der Waals surface area (Å²) in [5.41, 5.74) is 2.79. The van der Waals surface area contributed by atoms with E-state index >= 15 is 0 Å². The molecule has 0 saturated heterocycles. The Labute approximate surface area is 155 Å². The number of carbonyl (C=O) groups is 3. The Morgan fingerprint density at radius 2 is 1.78 bits per heavy atom. The van der Waals surface area contributed by atoms with Crippen molar-refractivity contribution in [1.29, 1.82) is 0 Å². The molecule has 3 N–H and O–H groups in total. The van der Waals surface area contributed by atoms with E-state index in [9.17, 15) is 14.4 Å². The van der Waals surface area contributed by atoms with E-state index in [2.05, 4.69) is 26.1 Å². The van der Waals surface area contributed by atoms with Gasteiger partial charge in [0.25, 0.3) is 0 Å². The Bertz CT molecular complexity index is 852. The lowest BCUT2D eigenvalue weighted by Gasteiger charge is -2.09. The molecule has 9 nitrogen and oxygen atoms in total. The van der Waals surface area contributed by atoms with Crippen molar-refractivity contribution in [3.05, 3.63) is 48.7 Å². The number of carbonyl (C=O) groups excluding carboxylic acids is 3. The predicted molar refractivity (Wildman–Crippen MR) is 100 cm³/mol. The predicted octanol–water partition coefficient (Wildman–Crippen LogP) is 1.55. The monoisotopic (exact) mass is 369 g/mol. The number of hydrazone groups is 1. The second-order valence-electron chi connectivity index (χ2n) is 5.38. The lowest BCUT2D eigenvalue weighted by molar-refractivity contribution is -0.136. The second-order valence-corrected chi connectivity index (χ2v) is 5.38. The molecule has 0 aliphatic carbocycles. The van der Waals surface area contributed by atoms with Crippen LogP contribution in [0.2, 0.25) is 0 Å². The van der Waals surface area contributed by atoms with Gasteiger partial charge in [-0.15, -0.1) is 0 Å². The van der Waals surface area contributed by atoms with E-state index in [-0.39, 0.29) is 12.3 Å². The number of nitrogens with zero attached hydrogens (tertiary/aromatic N) is 2. The zero-order valence-electron chi connectivity index (χ0n) is 14.9. The zero-order valence-corrected chi connectivity index (χ0v) is 14.9. The Hall–Kier alpha value is -3.75. The highest BCUT2D eigenvalue weighted by Gasteiger charge is 2.15. The van der Waals surface area contributed by atoms with Gasteiger partial charge in [0.05, 0.1) is 19.2 Å². The average Bonchev–Trinajstić information content (AvgIpc) is 2.67. The van der Waals surface area contributed by atoms with Crippen LogP contribution < -0.4 is 20.8 Å². The molecule has 0 bridgehead atoms. The molecule has 2 aromatic rings. The van der Waals surface area contributed by atoms with Crippen molar-refractivity contribution >= 4 is 34.9 Å². The van der Waals surface area contributed by atoms with E-state index in [0.717, 1.165) is 0 Å². The van der Waals surface area contributed by atoms with Gasteiger partial charge >= 0.3 is 11.8 Å². The van der Waals surface area contributed by atoms with E-state index < -0.39 is 11.8 Å². The minimum absolute atomic E-state index is 0.0645. The molecular weight excluding hydrogens is 350 g/mol. The molecule has 3 amide bonds. The van der Waals surface area contributed by atoms with Gasteiger partial charge in [-0.1, -0.05) is 18.2 Å². The highest BCUT2D eigenvalue weighted by molar-refractivity contribution is 6.39. The molecule has 0 unspecified atom stereocenters. The molecule has 1 aromatic carbocycles. The first-order valence-electron chi connectivity index (χ1n) is 7.98. The minimum Gasteiger partial charge on any atom is -0.495 e. The molecule has 140 valence electrons. The molecule has 0 radical (unpaired) electrons. The van der Waals surface area contributed by atoms with Gasteiger partial charge < -0.3 is 15.4 Å². The van der Waals surface area contributed by atoms with Crippen molar-refractivity contribution in [1.82, 2.24) is 10.4 Å². The molecule has 2 rings (SSSR count). The molecule has 9 heteroatoms. The van der Waals surface area contributed by atoms with Crippen LogP contribution in [-0.2, 0) is 14.4 Å². The SMILES string of the molecule is COc1ccccc1NC(=O)C(=O)N/N=C(/C)CC(=O)Nc1ccccn1. The molecule has 0 atom stereocenters. The third-order valence-corrected chi connectivity index (χ3v) is 3.26. The molecule has 0 aliphatic heterocycles. The number of methoxy groups -OCH3 is 1. The summed E-state index contributed by atoms with van der Waals surface area (Å²) in [6, 6.07) is 11.8. The number of benzene rings is 1. The van der Waals surface area contributed by atoms with Gasteiger partial charge in [0.1, 0.15) is 11.6 Å². The first-order valence-corrected chi connectivity index (χ1v) is 7.98. The first-order chi connectivity index (χ1) is 13.0. The van der Waals surface area contributed by atoms with Crippen LogP contribution in [0.1, 0.15) is 13.3 Å². The second kappa shape index (κ2) is 9.66. The van der Waals surface area contributed by atoms with Gasteiger partial charge in [0.2, 0.25) is 5.91 Å². The summed E-state index contributed by atoms with van der Waals surface area (Å²) in [7, 11) is 1.45. The minimum atomic E-state index is -0.967. The standard InChI is InChI=1S/C18H19N5O4/c1-12(11-16(24)21-15-9-5-6-10-19-15)22-23-18(26)17(25)20-13-7-3-4-8-14(13)27-2/h3-10H,11H2,1-2H3,(H,20,25)(H,23,26)(H,19,21,24)/b22-12-. The molecule has 0 saturated carbocycles. The number of pyridine rings is 1. The van der Waals surface area contributed by atoms with Gasteiger partial charge in [-0.3, -0.25) is 14.4 Å². The Morgan fingerprint density at radius 1 is 1.04 bits per heavy atom. The molecule has 1 heterocycles. The first kappa shape index (κ1) is 19.6. The van der Waals surface area contributed by atoms with Crippen molar-refractivity contribution in [2.24, 2.45) is 5.10 Å². The van der Waals surface area contributed by atoms with Gasteiger partial charge in [0.15, 0.2) is 0 Å². The summed E-state index contributed by atoms with van der Waals surface area (Å²) in [4.78, 5) is 39.6. The number of nitrogens with one attached hydrogen (secondary N) is 3. The van der Waals surface area contributed by atoms with Crippen LogP contribution in [0.4, 0.5) is 11.5 Å². The maximum absolute atomic E-state index is 11.9. The maximum atomic E-state index is 11.9. The quantitative estimate of drug-likeness (QED) is 0.405. The zero-order chi connectivity index (χ0) is 19.6. The van der Waals surface area contributed by atoms with Crippen LogP contribution in [0, 0.1) is 0 Å². The van der Waals surface area contributed by atoms with Gasteiger partial charge in [-0.2, -0.15) is 5.10 Å². The topological polar surface area (TPSA) is 122 Å². The molecule has 1 aromatic heterocycles. The summed E-state index contributed by atoms with van der Waals surface area (Å²) in [5.74, 6) is -1.39. The fourth-order valence-electron chi connectivity index (χ4n) is 2.02. The number of hydrogen-bond donors (Lipinski definition) is 3. The average molecular weight is 369 g/mol. The fraction of sp³-hybridized carbons (Fsp3) is 0.167. The summed E-state index contributed by atoms with van der Waals surface area (Å²) in [5, 5.41) is 8.77. The van der Waals surface area contributed by atoms with Crippen molar-refractivity contribution in [3.8, 4) is 5.75 Å². The molecule has 0 fully saturated rings. The van der Waals surface area contributed by atoms with E-state index in [1.165, 1.54) is 7.11 Å². The molecule has 27 heavy (non-hydrogen) atoms. The lowest BCUT2D eigenvalue weighted by atomic mass is 10.3. The maximum Gasteiger partial charge on any atom is 0.329 e. The van der Waals surface area contributed by atoms with E-state index in [0.29, 0.717) is 23.0 Å². The molecule has 0 spiro atoms. The highest BCUT2D eigenvalue weighted by Crippen LogP contribution is 2.22. The van der Waals surface area contributed by atoms with Crippen LogP contribution in [0.3, 0.4) is 0 Å². The van der Waals surface area contributed by atoms with E-state index in [4.69, 9.17) is 4.74 Å². The number of ether oxygens (including phenoxy) is 1. The van der Waals surface area contributed by atoms with Crippen LogP contribution >= 0.6 is 0 Å². The number of para-hydroxylation sites is 2. The number of hydrogen-bond acceptors (Lipinski definition) is 6. The lowest BCUT2D eigenvalue weighted by Crippen LogP contribution is -2.33. The highest BCUT2D eigenvalue weighted by atomic mass is 16.5. The van der Waals surface area contributed by atoms with E-state index in [1.54, 1.807) is 55.6 Å². The molecular formula is C18H19N5O4. The van der Waals surface area contributed by atoms with Gasteiger partial charge in [-0.25, -0.2) is 10.4 Å². The number of amides is 3. The number of anilines is 2. The Balaban J connectivity index is 1.85. The van der Waals surface area contributed by atoms with Crippen molar-refractivity contribution in [2.75, 3.05) is 17.7 Å². The van der Waals surface area contributed by atoms with Crippen LogP contribution in [0.15, 0.2) is 53.8 Å². The largest absolute Gasteiger partial charge is 0.495 e. The summed E-state index contributed by atoms with van der Waals surface area (Å²) < 4.78 is 5.09. The van der Waals surface area contributed by atoms with Crippen LogP contribution in [-0.4, -0.2) is 35.5 Å². The Morgan fingerprint density at radius 3 is 2.48 bits per heavy atom. The summed E-state index contributed by atoms with van der Waals surface area (Å²) >= 11 is 0. The third kappa shape index (κ3) is 6.24. The Kier molecular flexibility index (Phi) is 7.00. The third-order valence-electron chi connectivity index (χ3n) is 3.26. The number of aromatic nitrogens is 1.